The van der Waals surface area contributed by atoms with E-state index in [1.165, 1.54) is 0 Å². The standard InChI is InChI=1S/C8H18IPSe/c1-7(2,3)10(9,11)8(4,5)6/h1-6H3. The Hall–Kier alpha value is 1.68. The van der Waals surface area contributed by atoms with Gasteiger partial charge < -0.3 is 0 Å². The van der Waals surface area contributed by atoms with Gasteiger partial charge in [-0.3, -0.25) is 0 Å². The minimum atomic E-state index is -0.965. The monoisotopic (exact) mass is 352 g/mol. The van der Waals surface area contributed by atoms with Gasteiger partial charge in [0.15, 0.2) is 0 Å². The van der Waals surface area contributed by atoms with Crippen molar-refractivity contribution in [1.29, 1.82) is 0 Å². The van der Waals surface area contributed by atoms with Gasteiger partial charge in [-0.2, -0.15) is 0 Å². The second kappa shape index (κ2) is 3.44. The van der Waals surface area contributed by atoms with Crippen molar-refractivity contribution in [3.63, 3.8) is 0 Å². The second-order valence-corrected chi connectivity index (χ2v) is 20.8. The van der Waals surface area contributed by atoms with Crippen LogP contribution in [-0.4, -0.2) is 25.4 Å². The molecule has 68 valence electrons. The Bertz CT molecular complexity index is 167. The van der Waals surface area contributed by atoms with Gasteiger partial charge in [0.05, 0.1) is 0 Å². The van der Waals surface area contributed by atoms with Crippen LogP contribution in [0.15, 0.2) is 0 Å². The zero-order valence-electron chi connectivity index (χ0n) is 8.23. The molecular formula is C8H18IPSe. The Labute approximate surface area is 91.6 Å². The average molecular weight is 351 g/mol. The fourth-order valence-electron chi connectivity index (χ4n) is 1.01. The molecule has 11 heavy (non-hydrogen) atoms. The SMILES string of the molecule is CC(C)(C)P(=[Se])(I)C(C)(C)C. The number of hydrogen-bond donors (Lipinski definition) is 0. The van der Waals surface area contributed by atoms with Crippen molar-refractivity contribution in [3.8, 4) is 0 Å². The molecule has 0 unspecified atom stereocenters. The molecule has 0 atom stereocenters. The van der Waals surface area contributed by atoms with Gasteiger partial charge in [0.2, 0.25) is 0 Å². The van der Waals surface area contributed by atoms with Crippen LogP contribution in [0.1, 0.15) is 41.5 Å². The molecule has 0 aromatic heterocycles. The van der Waals surface area contributed by atoms with Crippen molar-refractivity contribution in [2.24, 2.45) is 0 Å². The van der Waals surface area contributed by atoms with E-state index >= 15 is 0 Å². The van der Waals surface area contributed by atoms with Crippen LogP contribution in [0.4, 0.5) is 0 Å². The molecule has 0 rings (SSSR count). The van der Waals surface area contributed by atoms with Gasteiger partial charge >= 0.3 is 92.1 Å². The molecule has 0 heterocycles. The van der Waals surface area contributed by atoms with Gasteiger partial charge in [0, 0.05) is 0 Å². The van der Waals surface area contributed by atoms with Gasteiger partial charge in [-0.1, -0.05) is 0 Å². The van der Waals surface area contributed by atoms with E-state index in [9.17, 15) is 0 Å². The van der Waals surface area contributed by atoms with E-state index in [1.807, 2.05) is 0 Å². The number of rotatable bonds is 0. The third-order valence-corrected chi connectivity index (χ3v) is 20.8. The van der Waals surface area contributed by atoms with Gasteiger partial charge in [0.25, 0.3) is 0 Å². The second-order valence-electron chi connectivity index (χ2n) is 4.87. The molecule has 0 spiro atoms. The third-order valence-electron chi connectivity index (χ3n) is 1.73. The van der Waals surface area contributed by atoms with E-state index in [0.717, 1.165) is 0 Å². The van der Waals surface area contributed by atoms with Crippen LogP contribution in [0.2, 0.25) is 0 Å². The van der Waals surface area contributed by atoms with E-state index < -0.39 is 3.15 Å². The molecule has 0 aliphatic rings. The van der Waals surface area contributed by atoms with E-state index in [0.29, 0.717) is 10.3 Å². The minimum absolute atomic E-state index is 0.422. The summed E-state index contributed by atoms with van der Waals surface area (Å²) >= 11 is 6.08. The summed E-state index contributed by atoms with van der Waals surface area (Å²) in [5.74, 6) is 0. The molecule has 0 nitrogen and oxygen atoms in total. The summed E-state index contributed by atoms with van der Waals surface area (Å²) in [5.41, 5.74) is 0. The molecular weight excluding hydrogens is 333 g/mol. The fourth-order valence-corrected chi connectivity index (χ4v) is 3.02. The van der Waals surface area contributed by atoms with Crippen LogP contribution >= 0.6 is 25.2 Å². The molecule has 3 heteroatoms. The average Bonchev–Trinajstić information content (AvgIpc) is 1.58. The molecule has 0 aromatic carbocycles. The summed E-state index contributed by atoms with van der Waals surface area (Å²) in [6.07, 6.45) is 0. The van der Waals surface area contributed by atoms with Crippen molar-refractivity contribution in [2.45, 2.75) is 51.9 Å². The van der Waals surface area contributed by atoms with Gasteiger partial charge in [-0.25, -0.2) is 0 Å². The first kappa shape index (κ1) is 12.7. The molecule has 0 aliphatic carbocycles. The van der Waals surface area contributed by atoms with Crippen LogP contribution in [0.3, 0.4) is 0 Å². The third kappa shape index (κ3) is 2.83. The van der Waals surface area contributed by atoms with Crippen molar-refractivity contribution in [2.75, 3.05) is 0 Å². The fraction of sp³-hybridized carbons (Fsp3) is 1.00. The Morgan fingerprint density at radius 2 is 1.09 bits per heavy atom. The maximum absolute atomic E-state index is 3.43. The van der Waals surface area contributed by atoms with Crippen molar-refractivity contribution in [1.82, 2.24) is 0 Å². The van der Waals surface area contributed by atoms with Crippen LogP contribution in [0.25, 0.3) is 0 Å². The zero-order chi connectivity index (χ0) is 9.50. The summed E-state index contributed by atoms with van der Waals surface area (Å²) < 4.78 is -0.965. The molecule has 0 saturated carbocycles. The van der Waals surface area contributed by atoms with Crippen molar-refractivity contribution < 1.29 is 0 Å². The van der Waals surface area contributed by atoms with Crippen LogP contribution < -0.4 is 0 Å². The van der Waals surface area contributed by atoms with E-state index in [2.05, 4.69) is 78.7 Å². The zero-order valence-corrected chi connectivity index (χ0v) is 13.0. The van der Waals surface area contributed by atoms with Gasteiger partial charge in [-0.15, -0.1) is 0 Å². The Morgan fingerprint density at radius 3 is 1.09 bits per heavy atom. The summed E-state index contributed by atoms with van der Waals surface area (Å²) in [6.45, 7) is 14.0. The first-order valence-electron chi connectivity index (χ1n) is 3.80. The van der Waals surface area contributed by atoms with Crippen LogP contribution in [0, 0.1) is 0 Å². The topological polar surface area (TPSA) is 0 Å². The Balaban J connectivity index is 4.92. The normalized spacial score (nSPS) is 15.2. The summed E-state index contributed by atoms with van der Waals surface area (Å²) in [7, 11) is 0. The van der Waals surface area contributed by atoms with Gasteiger partial charge in [-0.05, 0) is 0 Å². The predicted molar refractivity (Wildman–Crippen MR) is 66.2 cm³/mol. The van der Waals surface area contributed by atoms with E-state index in [-0.39, 0.29) is 0 Å². The molecule has 0 fully saturated rings. The maximum atomic E-state index is 3.43. The summed E-state index contributed by atoms with van der Waals surface area (Å²) in [6, 6.07) is 0. The summed E-state index contributed by atoms with van der Waals surface area (Å²) in [5, 5.41) is 0.845. The Morgan fingerprint density at radius 1 is 0.909 bits per heavy atom. The number of halogens is 1. The van der Waals surface area contributed by atoms with Gasteiger partial charge in [0.1, 0.15) is 0 Å². The molecule has 0 saturated heterocycles. The molecule has 0 bridgehead atoms. The van der Waals surface area contributed by atoms with E-state index in [1.54, 1.807) is 0 Å². The van der Waals surface area contributed by atoms with E-state index in [4.69, 9.17) is 0 Å². The first-order valence-corrected chi connectivity index (χ1v) is 10.6. The van der Waals surface area contributed by atoms with Crippen LogP contribution in [0.5, 0.6) is 0 Å². The van der Waals surface area contributed by atoms with Crippen LogP contribution in [-0.2, 0) is 0 Å². The molecule has 0 radical (unpaired) electrons. The quantitative estimate of drug-likeness (QED) is 0.351. The van der Waals surface area contributed by atoms with Crippen molar-refractivity contribution in [3.05, 3.63) is 0 Å². The summed E-state index contributed by atoms with van der Waals surface area (Å²) in [4.78, 5) is 0. The molecule has 0 aliphatic heterocycles. The van der Waals surface area contributed by atoms with Crippen molar-refractivity contribution >= 4 is 40.3 Å². The predicted octanol–water partition coefficient (Wildman–Crippen LogP) is 4.03. The molecule has 0 aromatic rings. The molecule has 0 N–H and O–H groups in total. The Kier molecular flexibility index (Phi) is 3.96. The number of hydrogen-bond acceptors (Lipinski definition) is 0. The first-order chi connectivity index (χ1) is 4.50. The molecule has 0 amide bonds.